The summed E-state index contributed by atoms with van der Waals surface area (Å²) in [7, 11) is -0.724. The van der Waals surface area contributed by atoms with Crippen LogP contribution in [0.4, 0.5) is 4.39 Å². The topological polar surface area (TPSA) is 125 Å². The zero-order chi connectivity index (χ0) is 31.5. The van der Waals surface area contributed by atoms with E-state index < -0.39 is 45.6 Å². The average molecular weight is 618 g/mol. The van der Waals surface area contributed by atoms with Gasteiger partial charge in [-0.15, -0.1) is 0 Å². The van der Waals surface area contributed by atoms with Crippen LogP contribution in [-0.4, -0.2) is 104 Å². The molecule has 2 aromatic carbocycles. The Kier molecular flexibility index (Phi) is 10.2. The highest BCUT2D eigenvalue weighted by molar-refractivity contribution is 7.88. The number of methoxy groups -OCH3 is 1. The number of ketones is 1. The number of rotatable bonds is 9. The highest BCUT2D eigenvalue weighted by atomic mass is 32.2. The van der Waals surface area contributed by atoms with Gasteiger partial charge in [0.25, 0.3) is 0 Å². The maximum Gasteiger partial charge on any atom is 0.328 e. The number of aromatic hydroxyl groups is 1. The van der Waals surface area contributed by atoms with Gasteiger partial charge in [0.15, 0.2) is 5.78 Å². The Morgan fingerprint density at radius 2 is 1.79 bits per heavy atom. The van der Waals surface area contributed by atoms with Gasteiger partial charge in [-0.2, -0.15) is 0 Å². The Hall–Kier alpha value is -3.35. The van der Waals surface area contributed by atoms with Gasteiger partial charge >= 0.3 is 5.97 Å². The van der Waals surface area contributed by atoms with E-state index in [0.29, 0.717) is 30.5 Å². The van der Waals surface area contributed by atoms with Crippen LogP contribution >= 0.6 is 0 Å². The molecule has 12 heteroatoms. The van der Waals surface area contributed by atoms with Gasteiger partial charge in [-0.1, -0.05) is 24.3 Å². The largest absolute Gasteiger partial charge is 0.508 e. The molecule has 0 aliphatic carbocycles. The van der Waals surface area contributed by atoms with Gasteiger partial charge in [0.05, 0.1) is 19.3 Å². The number of hydrogen-bond acceptors (Lipinski definition) is 8. The number of halogens is 1. The Bertz CT molecular complexity index is 1470. The average Bonchev–Trinajstić information content (AvgIpc) is 2.99. The predicted octanol–water partition coefficient (Wildman–Crippen LogP) is 2.80. The Morgan fingerprint density at radius 3 is 2.47 bits per heavy atom. The van der Waals surface area contributed by atoms with Crippen LogP contribution in [0.3, 0.4) is 0 Å². The number of carbonyl (C=O) groups is 3. The predicted molar refractivity (Wildman–Crippen MR) is 159 cm³/mol. The molecule has 0 radical (unpaired) electrons. The van der Waals surface area contributed by atoms with Crippen LogP contribution in [0.1, 0.15) is 46.7 Å². The van der Waals surface area contributed by atoms with Crippen LogP contribution in [-0.2, 0) is 24.3 Å². The fourth-order valence-corrected chi connectivity index (χ4v) is 6.74. The third-order valence-electron chi connectivity index (χ3n) is 8.79. The maximum atomic E-state index is 15.0. The summed E-state index contributed by atoms with van der Waals surface area (Å²) in [5.41, 5.74) is 1.10. The number of nitrogens with zero attached hydrogens (tertiary/aromatic N) is 3. The van der Waals surface area contributed by atoms with Crippen LogP contribution in [0.2, 0.25) is 0 Å². The minimum absolute atomic E-state index is 0.0892. The quantitative estimate of drug-likeness (QED) is 0.337. The number of likely N-dealkylation sites (N-methyl/N-ethyl adjacent to an activating group) is 1. The summed E-state index contributed by atoms with van der Waals surface area (Å²) < 4.78 is 45.4. The van der Waals surface area contributed by atoms with Gasteiger partial charge in [0.2, 0.25) is 15.9 Å². The smallest absolute Gasteiger partial charge is 0.328 e. The number of ether oxygens (including phenoxy) is 1. The Labute approximate surface area is 252 Å². The summed E-state index contributed by atoms with van der Waals surface area (Å²) >= 11 is 0. The molecule has 0 spiro atoms. The molecule has 2 heterocycles. The number of benzene rings is 2. The van der Waals surface area contributed by atoms with Crippen molar-refractivity contribution >= 4 is 27.7 Å². The standard InChI is InChI=1S/C31H40FN3O7S/c1-20-23(11-8-12-26(20)32)28-24(29(37)21-9-7-10-22(36)17-21)18-34(16-15-33(2)43(4,40)41)19-25(28)30(38)35-14-6-5-13-27(35)31(39)42-3/h7-12,17,24-25,27-28,36H,5-6,13-16,18-19H2,1-4H3/t24-,25+,27?,28+/m0/s1. The molecule has 10 nitrogen and oxygen atoms in total. The van der Waals surface area contributed by atoms with E-state index in [1.54, 1.807) is 31.2 Å². The van der Waals surface area contributed by atoms with Crippen molar-refractivity contribution in [1.29, 1.82) is 0 Å². The number of Topliss-reactive ketones (excluding diaryl/α,β-unsaturated/α-hetero) is 1. The second-order valence-electron chi connectivity index (χ2n) is 11.5. The highest BCUT2D eigenvalue weighted by Gasteiger charge is 2.48. The van der Waals surface area contributed by atoms with E-state index in [0.717, 1.165) is 12.7 Å². The number of likely N-dealkylation sites (tertiary alicyclic amines) is 2. The van der Waals surface area contributed by atoms with E-state index in [1.807, 2.05) is 4.90 Å². The van der Waals surface area contributed by atoms with Crippen molar-refractivity contribution in [2.75, 3.05) is 53.1 Å². The number of hydrogen-bond donors (Lipinski definition) is 1. The lowest BCUT2D eigenvalue weighted by atomic mass is 9.69. The minimum atomic E-state index is -3.47. The van der Waals surface area contributed by atoms with Crippen LogP contribution in [0, 0.1) is 24.6 Å². The lowest BCUT2D eigenvalue weighted by Gasteiger charge is -2.46. The third kappa shape index (κ3) is 7.25. The number of piperidine rings is 2. The fourth-order valence-electron chi connectivity index (χ4n) is 6.33. The van der Waals surface area contributed by atoms with Crippen molar-refractivity contribution in [2.45, 2.75) is 38.1 Å². The molecule has 0 bridgehead atoms. The van der Waals surface area contributed by atoms with Gasteiger partial charge in [-0.3, -0.25) is 9.59 Å². The van der Waals surface area contributed by atoms with E-state index in [9.17, 15) is 32.3 Å². The number of carbonyl (C=O) groups excluding carboxylic acids is 3. The van der Waals surface area contributed by atoms with Gasteiger partial charge in [0, 0.05) is 57.2 Å². The van der Waals surface area contributed by atoms with Gasteiger partial charge in [0.1, 0.15) is 17.6 Å². The summed E-state index contributed by atoms with van der Waals surface area (Å²) in [4.78, 5) is 44.8. The molecule has 2 aromatic rings. The number of esters is 1. The van der Waals surface area contributed by atoms with Crippen molar-refractivity contribution in [2.24, 2.45) is 11.8 Å². The summed E-state index contributed by atoms with van der Waals surface area (Å²) in [5.74, 6) is -4.17. The van der Waals surface area contributed by atoms with E-state index >= 15 is 0 Å². The van der Waals surface area contributed by atoms with E-state index in [-0.39, 0.29) is 49.2 Å². The van der Waals surface area contributed by atoms with Crippen LogP contribution < -0.4 is 0 Å². The molecule has 0 saturated carbocycles. The highest BCUT2D eigenvalue weighted by Crippen LogP contribution is 2.42. The summed E-state index contributed by atoms with van der Waals surface area (Å²) in [5, 5.41) is 10.1. The zero-order valence-electron chi connectivity index (χ0n) is 25.0. The number of phenols is 1. The second kappa shape index (κ2) is 13.5. The van der Waals surface area contributed by atoms with Crippen LogP contribution in [0.5, 0.6) is 5.75 Å². The minimum Gasteiger partial charge on any atom is -0.508 e. The molecule has 0 aromatic heterocycles. The number of sulfonamides is 1. The molecule has 4 rings (SSSR count). The van der Waals surface area contributed by atoms with Crippen molar-refractivity contribution in [1.82, 2.24) is 14.1 Å². The van der Waals surface area contributed by atoms with E-state index in [1.165, 1.54) is 41.6 Å². The maximum absolute atomic E-state index is 15.0. The molecule has 1 N–H and O–H groups in total. The van der Waals surface area contributed by atoms with Gasteiger partial charge in [-0.25, -0.2) is 21.9 Å². The monoisotopic (exact) mass is 617 g/mol. The zero-order valence-corrected chi connectivity index (χ0v) is 25.8. The van der Waals surface area contributed by atoms with Crippen molar-refractivity contribution in [3.8, 4) is 5.75 Å². The van der Waals surface area contributed by atoms with Crippen LogP contribution in [0.15, 0.2) is 42.5 Å². The molecule has 1 amide bonds. The van der Waals surface area contributed by atoms with E-state index in [4.69, 9.17) is 4.74 Å². The molecule has 1 unspecified atom stereocenters. The molecule has 43 heavy (non-hydrogen) atoms. The SMILES string of the molecule is COC(=O)C1CCCCN1C(=O)[C@@H]1CN(CCN(C)S(C)(=O)=O)C[C@H](C(=O)c2cccc(O)c2)[C@H]1c1cccc(F)c1C. The van der Waals surface area contributed by atoms with Crippen LogP contribution in [0.25, 0.3) is 0 Å². The van der Waals surface area contributed by atoms with Crippen molar-refractivity contribution < 1.29 is 37.0 Å². The van der Waals surface area contributed by atoms with E-state index in [2.05, 4.69) is 0 Å². The molecular formula is C31H40FN3O7S. The summed E-state index contributed by atoms with van der Waals surface area (Å²) in [6.45, 7) is 2.68. The molecule has 4 atom stereocenters. The first-order valence-corrected chi connectivity index (χ1v) is 16.3. The summed E-state index contributed by atoms with van der Waals surface area (Å²) in [6, 6.07) is 9.81. The van der Waals surface area contributed by atoms with Crippen molar-refractivity contribution in [3.63, 3.8) is 0 Å². The lowest BCUT2D eigenvalue weighted by Crippen LogP contribution is -2.57. The molecule has 2 aliphatic rings. The molecule has 2 saturated heterocycles. The Morgan fingerprint density at radius 1 is 1.09 bits per heavy atom. The first kappa shape index (κ1) is 32.6. The van der Waals surface area contributed by atoms with Crippen molar-refractivity contribution in [3.05, 3.63) is 65.0 Å². The molecular weight excluding hydrogens is 577 g/mol. The molecule has 234 valence electrons. The summed E-state index contributed by atoms with van der Waals surface area (Å²) in [6.07, 6.45) is 3.01. The lowest BCUT2D eigenvalue weighted by molar-refractivity contribution is -0.157. The first-order chi connectivity index (χ1) is 20.3. The normalized spacial score (nSPS) is 23.3. The second-order valence-corrected chi connectivity index (χ2v) is 13.6. The molecule has 2 aliphatic heterocycles. The number of phenolic OH excluding ortho intramolecular Hbond substituents is 1. The third-order valence-corrected chi connectivity index (χ3v) is 10.1. The first-order valence-electron chi connectivity index (χ1n) is 14.4. The Balaban J connectivity index is 1.82. The molecule has 2 fully saturated rings. The van der Waals surface area contributed by atoms with Gasteiger partial charge < -0.3 is 19.6 Å². The van der Waals surface area contributed by atoms with Gasteiger partial charge in [-0.05, 0) is 55.5 Å². The fraction of sp³-hybridized carbons (Fsp3) is 0.516. The number of amides is 1.